The lowest BCUT2D eigenvalue weighted by atomic mass is 9.89. The number of anilines is 2. The van der Waals surface area contributed by atoms with Crippen LogP contribution >= 0.6 is 0 Å². The first-order valence-corrected chi connectivity index (χ1v) is 15.5. The highest BCUT2D eigenvalue weighted by Crippen LogP contribution is 2.47. The van der Waals surface area contributed by atoms with Gasteiger partial charge in [-0.15, -0.1) is 0 Å². The topological polar surface area (TPSA) is 172 Å². The number of nitrogens with zero attached hydrogens (tertiary/aromatic N) is 2. The van der Waals surface area contributed by atoms with Crippen LogP contribution < -0.4 is 15.1 Å². The first-order valence-electron chi connectivity index (χ1n) is 12.6. The van der Waals surface area contributed by atoms with E-state index in [1.165, 1.54) is 48.0 Å². The van der Waals surface area contributed by atoms with E-state index in [4.69, 9.17) is 0 Å². The van der Waals surface area contributed by atoms with Gasteiger partial charge in [0.2, 0.25) is 0 Å². The molecule has 3 amide bonds. The first-order chi connectivity index (χ1) is 19.6. The van der Waals surface area contributed by atoms with Gasteiger partial charge in [0, 0.05) is 36.1 Å². The van der Waals surface area contributed by atoms with E-state index in [-0.39, 0.29) is 27.8 Å². The number of nitrogens with one attached hydrogen (secondary N) is 2. The Morgan fingerprint density at radius 3 is 2.31 bits per heavy atom. The zero-order valence-electron chi connectivity index (χ0n) is 22.3. The predicted molar refractivity (Wildman–Crippen MR) is 157 cm³/mol. The molecule has 0 saturated heterocycles. The zero-order valence-corrected chi connectivity index (χ0v) is 23.9. The van der Waals surface area contributed by atoms with Crippen molar-refractivity contribution in [2.75, 3.05) is 17.7 Å². The van der Waals surface area contributed by atoms with Gasteiger partial charge in [0.15, 0.2) is 5.69 Å². The summed E-state index contributed by atoms with van der Waals surface area (Å²) in [7, 11) is -7.18. The van der Waals surface area contributed by atoms with Crippen LogP contribution in [0.1, 0.15) is 21.6 Å². The molecule has 2 unspecified atom stereocenters. The average Bonchev–Trinajstić information content (AvgIpc) is 3.34. The second-order valence-electron chi connectivity index (χ2n) is 10.5. The largest absolute Gasteiger partial charge is 0.368 e. The molecule has 14 heteroatoms. The normalized spacial score (nSPS) is 21.8. The number of aryl methyl sites for hydroxylation is 1. The second-order valence-corrected chi connectivity index (χ2v) is 13.6. The lowest BCUT2D eigenvalue weighted by Crippen LogP contribution is -2.70. The number of carbonyl (C=O) groups is 2. The summed E-state index contributed by atoms with van der Waals surface area (Å²) in [6, 6.07) is 13.9. The molecule has 0 saturated carbocycles. The lowest BCUT2D eigenvalue weighted by molar-refractivity contribution is 0.0719. The molecular weight excluding hydrogens is 584 g/mol. The number of hydrogen-bond acceptors (Lipinski definition) is 6. The summed E-state index contributed by atoms with van der Waals surface area (Å²) in [6.07, 6.45) is 3.86. The maximum Gasteiger partial charge on any atom is 0.368 e. The lowest BCUT2D eigenvalue weighted by Gasteiger charge is -2.46. The van der Waals surface area contributed by atoms with Crippen LogP contribution in [0.15, 0.2) is 77.8 Å². The predicted octanol–water partition coefficient (Wildman–Crippen LogP) is 4.01. The number of carbonyl (C=O) groups excluding carboxylic acids is 2. The quantitative estimate of drug-likeness (QED) is 0.199. The van der Waals surface area contributed by atoms with Crippen LogP contribution in [0.2, 0.25) is 0 Å². The molecule has 12 nitrogen and oxygen atoms in total. The summed E-state index contributed by atoms with van der Waals surface area (Å²) in [4.78, 5) is 24.5. The molecule has 4 aromatic rings. The van der Waals surface area contributed by atoms with Crippen molar-refractivity contribution >= 4 is 66.1 Å². The summed E-state index contributed by atoms with van der Waals surface area (Å²) in [5.41, 5.74) is 1.52. The number of urea groups is 1. The van der Waals surface area contributed by atoms with Crippen LogP contribution in [0.4, 0.5) is 21.9 Å². The van der Waals surface area contributed by atoms with E-state index in [0.717, 1.165) is 12.1 Å². The number of aromatic nitrogens is 1. The molecule has 0 spiro atoms. The van der Waals surface area contributed by atoms with Crippen LogP contribution in [-0.4, -0.2) is 54.4 Å². The van der Waals surface area contributed by atoms with Gasteiger partial charge < -0.3 is 15.2 Å². The Hall–Kier alpha value is -4.34. The van der Waals surface area contributed by atoms with Gasteiger partial charge in [-0.3, -0.25) is 9.11 Å². The van der Waals surface area contributed by atoms with E-state index in [2.05, 4.69) is 10.6 Å². The highest BCUT2D eigenvalue weighted by Gasteiger charge is 2.64. The highest BCUT2D eigenvalue weighted by atomic mass is 32.2. The second kappa shape index (κ2) is 9.08. The van der Waals surface area contributed by atoms with Gasteiger partial charge in [-0.25, -0.2) is 14.1 Å². The number of benzene rings is 3. The van der Waals surface area contributed by atoms with Crippen molar-refractivity contribution < 1.29 is 35.5 Å². The van der Waals surface area contributed by atoms with Crippen LogP contribution in [0.25, 0.3) is 16.8 Å². The molecule has 3 aliphatic rings. The van der Waals surface area contributed by atoms with Gasteiger partial charge >= 0.3 is 22.1 Å². The van der Waals surface area contributed by atoms with Crippen molar-refractivity contribution in [3.05, 3.63) is 89.8 Å². The van der Waals surface area contributed by atoms with E-state index < -0.39 is 52.8 Å². The van der Waals surface area contributed by atoms with Crippen molar-refractivity contribution in [3.63, 3.8) is 0 Å². The third-order valence-electron chi connectivity index (χ3n) is 8.08. The van der Waals surface area contributed by atoms with Crippen molar-refractivity contribution in [1.82, 2.24) is 9.05 Å². The maximum absolute atomic E-state index is 14.7. The SMILES string of the molecule is Cn1cccc1C(=O)[N+]1(C)c2cc(S(=O)(=O)O)cc3cc(ccc23)NC(=O)Nc2ccc3c(c2)CC1(S(=O)(=O)O)C=C3. The minimum absolute atomic E-state index is 0.0746. The van der Waals surface area contributed by atoms with Gasteiger partial charge in [-0.1, -0.05) is 12.1 Å². The van der Waals surface area contributed by atoms with Crippen LogP contribution in [0.3, 0.4) is 0 Å². The summed E-state index contributed by atoms with van der Waals surface area (Å²) in [6.45, 7) is 0. The van der Waals surface area contributed by atoms with E-state index in [1.807, 2.05) is 0 Å². The van der Waals surface area contributed by atoms with Crippen LogP contribution in [-0.2, 0) is 33.7 Å². The van der Waals surface area contributed by atoms with Crippen LogP contribution in [0, 0.1) is 0 Å². The van der Waals surface area contributed by atoms with E-state index in [0.29, 0.717) is 16.8 Å². The number of fused-ring (bicyclic) bond motifs is 3. The number of quaternary nitrogens is 1. The Morgan fingerprint density at radius 2 is 1.67 bits per heavy atom. The Morgan fingerprint density at radius 1 is 0.976 bits per heavy atom. The molecule has 4 N–H and O–H groups in total. The molecule has 216 valence electrons. The Labute approximate surface area is 241 Å². The molecule has 1 aliphatic carbocycles. The number of rotatable bonds is 3. The molecule has 1 aromatic heterocycles. The Kier molecular flexibility index (Phi) is 6.01. The van der Waals surface area contributed by atoms with E-state index in [1.54, 1.807) is 37.5 Å². The number of likely N-dealkylation sites (N-methyl/N-ethyl adjacent to an activating group) is 1. The molecule has 2 aliphatic heterocycles. The molecule has 0 radical (unpaired) electrons. The first kappa shape index (κ1) is 27.8. The van der Waals surface area contributed by atoms with Crippen molar-refractivity contribution in [3.8, 4) is 0 Å². The molecule has 7 bridgehead atoms. The summed E-state index contributed by atoms with van der Waals surface area (Å²) < 4.78 is 73.8. The van der Waals surface area contributed by atoms with E-state index >= 15 is 0 Å². The smallest absolute Gasteiger partial charge is 0.343 e. The van der Waals surface area contributed by atoms with Crippen LogP contribution in [0.5, 0.6) is 0 Å². The van der Waals surface area contributed by atoms with Crippen molar-refractivity contribution in [2.45, 2.75) is 16.2 Å². The number of hydrogen-bond donors (Lipinski definition) is 4. The molecular formula is C28H25N4O8S2+. The fourth-order valence-corrected chi connectivity index (χ4v) is 7.63. The number of amides is 3. The molecule has 3 heterocycles. The third kappa shape index (κ3) is 4.06. The minimum Gasteiger partial charge on any atom is -0.343 e. The van der Waals surface area contributed by atoms with Gasteiger partial charge in [0.25, 0.3) is 15.0 Å². The fraction of sp³-hybridized carbons (Fsp3) is 0.143. The standard InChI is InChI=1S/C28H24N4O8S2/c1-31-11-3-4-24(31)26(33)32(2)25-15-22(41(35,36)37)14-18-12-21(7-8-23(18)25)30-27(34)29-20-6-5-17-9-10-28(32,42(38,39)40)16-19(17)13-20/h3-15H,16H2,1-2H3,(H3-,29,30,34,35,36,37,38,39,40)/p+1. The van der Waals surface area contributed by atoms with Crippen molar-refractivity contribution in [2.24, 2.45) is 7.05 Å². The van der Waals surface area contributed by atoms with Gasteiger partial charge in [-0.05, 0) is 71.1 Å². The Balaban J connectivity index is 1.83. The fourth-order valence-electron chi connectivity index (χ4n) is 5.88. The third-order valence-corrected chi connectivity index (χ3v) is 10.5. The molecule has 42 heavy (non-hydrogen) atoms. The average molecular weight is 610 g/mol. The van der Waals surface area contributed by atoms with E-state index in [9.17, 15) is 35.5 Å². The maximum atomic E-state index is 14.7. The summed E-state index contributed by atoms with van der Waals surface area (Å²) in [5, 5.41) is 5.76. The molecule has 7 rings (SSSR count). The molecule has 3 aromatic carbocycles. The van der Waals surface area contributed by atoms with Crippen molar-refractivity contribution in [1.29, 1.82) is 0 Å². The van der Waals surface area contributed by atoms with Gasteiger partial charge in [0.1, 0.15) is 10.6 Å². The highest BCUT2D eigenvalue weighted by molar-refractivity contribution is 7.87. The van der Waals surface area contributed by atoms with Gasteiger partial charge in [-0.2, -0.15) is 16.8 Å². The summed E-state index contributed by atoms with van der Waals surface area (Å²) in [5.74, 6) is -0.777. The zero-order chi connectivity index (χ0) is 30.2. The van der Waals surface area contributed by atoms with Gasteiger partial charge in [0.05, 0.1) is 13.5 Å². The monoisotopic (exact) mass is 609 g/mol. The molecule has 2 atom stereocenters. The Bertz CT molecular complexity index is 2100. The summed E-state index contributed by atoms with van der Waals surface area (Å²) >= 11 is 0. The molecule has 0 fully saturated rings. The minimum atomic E-state index is -5.18.